The zero-order valence-corrected chi connectivity index (χ0v) is 8.83. The zero-order valence-electron chi connectivity index (χ0n) is 8.83. The number of phenols is 1. The van der Waals surface area contributed by atoms with Gasteiger partial charge in [-0.25, -0.2) is 0 Å². The van der Waals surface area contributed by atoms with Gasteiger partial charge in [-0.1, -0.05) is 12.1 Å². The van der Waals surface area contributed by atoms with Gasteiger partial charge in [-0.2, -0.15) is 0 Å². The molecule has 1 aromatic carbocycles. The fourth-order valence-corrected chi connectivity index (χ4v) is 1.29. The number of nitrogens with zero attached hydrogens (tertiary/aromatic N) is 1. The van der Waals surface area contributed by atoms with E-state index in [2.05, 4.69) is 17.3 Å². The normalized spacial score (nSPS) is 10.8. The van der Waals surface area contributed by atoms with E-state index in [9.17, 15) is 0 Å². The lowest BCUT2D eigenvalue weighted by molar-refractivity contribution is 0.328. The highest BCUT2D eigenvalue weighted by Gasteiger charge is 1.99. The summed E-state index contributed by atoms with van der Waals surface area (Å²) in [4.78, 5) is 2.24. The first kappa shape index (κ1) is 11.0. The monoisotopic (exact) mass is 194 g/mol. The van der Waals surface area contributed by atoms with Gasteiger partial charge in [0, 0.05) is 19.6 Å². The van der Waals surface area contributed by atoms with Gasteiger partial charge >= 0.3 is 0 Å². The second kappa shape index (κ2) is 5.62. The van der Waals surface area contributed by atoms with Crippen LogP contribution in [-0.4, -0.2) is 37.2 Å². The molecule has 0 saturated carbocycles. The van der Waals surface area contributed by atoms with Crippen molar-refractivity contribution in [2.45, 2.75) is 6.54 Å². The summed E-state index contributed by atoms with van der Waals surface area (Å²) in [6.45, 7) is 2.94. The molecule has 0 unspecified atom stereocenters. The Morgan fingerprint density at radius 1 is 1.29 bits per heavy atom. The van der Waals surface area contributed by atoms with Gasteiger partial charge in [0.25, 0.3) is 0 Å². The SMILES string of the molecule is CNCCN(C)Cc1ccc(O)cc1. The lowest BCUT2D eigenvalue weighted by atomic mass is 10.2. The average molecular weight is 194 g/mol. The number of likely N-dealkylation sites (N-methyl/N-ethyl adjacent to an activating group) is 2. The third kappa shape index (κ3) is 3.77. The van der Waals surface area contributed by atoms with Crippen LogP contribution >= 0.6 is 0 Å². The van der Waals surface area contributed by atoms with Crippen molar-refractivity contribution in [3.8, 4) is 5.75 Å². The van der Waals surface area contributed by atoms with Crippen molar-refractivity contribution in [2.24, 2.45) is 0 Å². The van der Waals surface area contributed by atoms with Crippen LogP contribution in [0.5, 0.6) is 5.75 Å². The molecule has 0 fully saturated rings. The van der Waals surface area contributed by atoms with Crippen LogP contribution in [0.3, 0.4) is 0 Å². The number of aromatic hydroxyl groups is 1. The third-order valence-corrected chi connectivity index (χ3v) is 2.13. The van der Waals surface area contributed by atoms with E-state index in [4.69, 9.17) is 5.11 Å². The summed E-state index contributed by atoms with van der Waals surface area (Å²) in [5, 5.41) is 12.2. The van der Waals surface area contributed by atoms with Crippen LogP contribution in [0.2, 0.25) is 0 Å². The predicted octanol–water partition coefficient (Wildman–Crippen LogP) is 1.04. The van der Waals surface area contributed by atoms with Gasteiger partial charge in [0.05, 0.1) is 0 Å². The van der Waals surface area contributed by atoms with Crippen LogP contribution in [0.1, 0.15) is 5.56 Å². The highest BCUT2D eigenvalue weighted by atomic mass is 16.3. The summed E-state index contributed by atoms with van der Waals surface area (Å²) in [6.07, 6.45) is 0. The quantitative estimate of drug-likeness (QED) is 0.735. The van der Waals surface area contributed by atoms with E-state index >= 15 is 0 Å². The minimum Gasteiger partial charge on any atom is -0.508 e. The minimum absolute atomic E-state index is 0.326. The highest BCUT2D eigenvalue weighted by Crippen LogP contribution is 2.10. The molecule has 0 amide bonds. The maximum absolute atomic E-state index is 9.11. The van der Waals surface area contributed by atoms with E-state index in [1.165, 1.54) is 5.56 Å². The van der Waals surface area contributed by atoms with Crippen molar-refractivity contribution < 1.29 is 5.11 Å². The Balaban J connectivity index is 2.39. The maximum atomic E-state index is 9.11. The molecule has 0 aliphatic rings. The molecule has 0 spiro atoms. The Labute approximate surface area is 85.4 Å². The van der Waals surface area contributed by atoms with Gasteiger partial charge in [0.15, 0.2) is 0 Å². The van der Waals surface area contributed by atoms with E-state index in [1.54, 1.807) is 12.1 Å². The predicted molar refractivity (Wildman–Crippen MR) is 58.4 cm³/mol. The lowest BCUT2D eigenvalue weighted by Gasteiger charge is -2.16. The van der Waals surface area contributed by atoms with Gasteiger partial charge < -0.3 is 15.3 Å². The summed E-state index contributed by atoms with van der Waals surface area (Å²) in [5.74, 6) is 0.326. The van der Waals surface area contributed by atoms with Crippen LogP contribution in [0.15, 0.2) is 24.3 Å². The molecule has 0 aromatic heterocycles. The summed E-state index contributed by atoms with van der Waals surface area (Å²) >= 11 is 0. The molecule has 3 nitrogen and oxygen atoms in total. The van der Waals surface area contributed by atoms with Gasteiger partial charge in [-0.15, -0.1) is 0 Å². The Hall–Kier alpha value is -1.06. The molecule has 0 bridgehead atoms. The zero-order chi connectivity index (χ0) is 10.4. The number of rotatable bonds is 5. The number of phenolic OH excluding ortho intramolecular Hbond substituents is 1. The molecule has 0 aliphatic carbocycles. The van der Waals surface area contributed by atoms with Crippen molar-refractivity contribution in [1.82, 2.24) is 10.2 Å². The van der Waals surface area contributed by atoms with E-state index < -0.39 is 0 Å². The molecule has 3 heteroatoms. The number of nitrogens with one attached hydrogen (secondary N) is 1. The molecule has 1 rings (SSSR count). The summed E-state index contributed by atoms with van der Waals surface area (Å²) in [5.41, 5.74) is 1.22. The topological polar surface area (TPSA) is 35.5 Å². The fraction of sp³-hybridized carbons (Fsp3) is 0.455. The van der Waals surface area contributed by atoms with E-state index in [0.29, 0.717) is 5.75 Å². The van der Waals surface area contributed by atoms with Gasteiger partial charge in [0.1, 0.15) is 5.75 Å². The van der Waals surface area contributed by atoms with Crippen molar-refractivity contribution in [3.63, 3.8) is 0 Å². The first-order chi connectivity index (χ1) is 6.72. The summed E-state index contributed by atoms with van der Waals surface area (Å²) in [6, 6.07) is 7.35. The van der Waals surface area contributed by atoms with Crippen LogP contribution in [0.25, 0.3) is 0 Å². The lowest BCUT2D eigenvalue weighted by Crippen LogP contribution is -2.26. The molecule has 0 radical (unpaired) electrons. The molecule has 0 aliphatic heterocycles. The number of hydrogen-bond acceptors (Lipinski definition) is 3. The maximum Gasteiger partial charge on any atom is 0.115 e. The van der Waals surface area contributed by atoms with Crippen LogP contribution in [0.4, 0.5) is 0 Å². The first-order valence-corrected chi connectivity index (χ1v) is 4.83. The molecule has 0 atom stereocenters. The molecular weight excluding hydrogens is 176 g/mol. The van der Waals surface area contributed by atoms with Crippen LogP contribution in [0, 0.1) is 0 Å². The average Bonchev–Trinajstić information content (AvgIpc) is 2.18. The summed E-state index contributed by atoms with van der Waals surface area (Å²) < 4.78 is 0. The molecule has 14 heavy (non-hydrogen) atoms. The standard InChI is InChI=1S/C11H18N2O/c1-12-7-8-13(2)9-10-3-5-11(14)6-4-10/h3-6,12,14H,7-9H2,1-2H3. The van der Waals surface area contributed by atoms with Crippen molar-refractivity contribution in [3.05, 3.63) is 29.8 Å². The second-order valence-corrected chi connectivity index (χ2v) is 3.51. The Bertz CT molecular complexity index is 258. The molecule has 0 saturated heterocycles. The van der Waals surface area contributed by atoms with E-state index in [1.807, 2.05) is 19.2 Å². The molecule has 2 N–H and O–H groups in total. The van der Waals surface area contributed by atoms with E-state index in [0.717, 1.165) is 19.6 Å². The fourth-order valence-electron chi connectivity index (χ4n) is 1.29. The van der Waals surface area contributed by atoms with Crippen LogP contribution in [-0.2, 0) is 6.54 Å². The largest absolute Gasteiger partial charge is 0.508 e. The Morgan fingerprint density at radius 2 is 1.93 bits per heavy atom. The smallest absolute Gasteiger partial charge is 0.115 e. The van der Waals surface area contributed by atoms with Crippen molar-refractivity contribution in [1.29, 1.82) is 0 Å². The van der Waals surface area contributed by atoms with Gasteiger partial charge in [-0.05, 0) is 31.8 Å². The van der Waals surface area contributed by atoms with E-state index in [-0.39, 0.29) is 0 Å². The number of benzene rings is 1. The van der Waals surface area contributed by atoms with Crippen LogP contribution < -0.4 is 5.32 Å². The molecule has 78 valence electrons. The molecule has 0 heterocycles. The molecule has 1 aromatic rings. The minimum atomic E-state index is 0.326. The van der Waals surface area contributed by atoms with Crippen molar-refractivity contribution in [2.75, 3.05) is 27.2 Å². The van der Waals surface area contributed by atoms with Gasteiger partial charge in [-0.3, -0.25) is 0 Å². The van der Waals surface area contributed by atoms with Crippen molar-refractivity contribution >= 4 is 0 Å². The Morgan fingerprint density at radius 3 is 2.50 bits per heavy atom. The second-order valence-electron chi connectivity index (χ2n) is 3.51. The third-order valence-electron chi connectivity index (χ3n) is 2.13. The summed E-state index contributed by atoms with van der Waals surface area (Å²) in [7, 11) is 4.04. The molecular formula is C11H18N2O. The highest BCUT2D eigenvalue weighted by molar-refractivity contribution is 5.25. The van der Waals surface area contributed by atoms with Gasteiger partial charge in [0.2, 0.25) is 0 Å². The number of hydrogen-bond donors (Lipinski definition) is 2. The first-order valence-electron chi connectivity index (χ1n) is 4.83. The Kier molecular flexibility index (Phi) is 4.43.